The number of rotatable bonds is 24. The van der Waals surface area contributed by atoms with Crippen molar-refractivity contribution >= 4 is 37.2 Å². The molecule has 3 aromatic heterocycles. The quantitative estimate of drug-likeness (QED) is 0.0249. The number of aromatic nitrogens is 6. The van der Waals surface area contributed by atoms with E-state index in [1.165, 1.54) is 17.1 Å². The molecule has 468 valence electrons. The average Bonchev–Trinajstić information content (AvgIpc) is 1.42. The molecule has 6 aromatic carbocycles. The number of alkyl carbamates (subject to hydrolysis) is 1. The number of amides is 2. The van der Waals surface area contributed by atoms with Gasteiger partial charge in [-0.05, 0) is 39.9 Å². The average molecular weight is 1250 g/mol. The van der Waals surface area contributed by atoms with E-state index in [2.05, 4.69) is 54.8 Å². The van der Waals surface area contributed by atoms with Crippen molar-refractivity contribution in [1.29, 1.82) is 5.26 Å². The van der Waals surface area contributed by atoms with Crippen LogP contribution in [0.3, 0.4) is 0 Å². The molecule has 2 aliphatic heterocycles. The van der Waals surface area contributed by atoms with Crippen LogP contribution in [-0.4, -0.2) is 105 Å². The molecule has 2 saturated heterocycles. The molecule has 1 aliphatic carbocycles. The summed E-state index contributed by atoms with van der Waals surface area (Å²) in [5, 5.41) is 15.2. The van der Waals surface area contributed by atoms with Gasteiger partial charge in [-0.15, -0.1) is 0 Å². The van der Waals surface area contributed by atoms with Crippen LogP contribution in [0, 0.1) is 18.3 Å². The number of methoxy groups -OCH3 is 2. The van der Waals surface area contributed by atoms with Gasteiger partial charge in [0.1, 0.15) is 6.61 Å². The number of carbonyl (C=O) groups is 2. The van der Waals surface area contributed by atoms with E-state index in [9.17, 15) is 29.3 Å². The normalized spacial score (nSPS) is 18.1. The number of anilines is 1. The Morgan fingerprint density at radius 1 is 0.758 bits per heavy atom. The number of hydrogen-bond acceptors (Lipinski definition) is 18. The van der Waals surface area contributed by atoms with Crippen LogP contribution in [0.1, 0.15) is 93.4 Å². The first kappa shape index (κ1) is 61.8. The number of carbonyl (C=O) groups excluding carboxylic acids is 2. The fraction of sp³-hybridized carbons (Fsp3) is 0.284. The predicted molar refractivity (Wildman–Crippen MR) is 335 cm³/mol. The molecule has 0 spiro atoms. The number of aryl methyl sites for hydroxylation is 1. The van der Waals surface area contributed by atoms with Gasteiger partial charge < -0.3 is 10.1 Å². The van der Waals surface area contributed by atoms with Crippen molar-refractivity contribution in [3.63, 3.8) is 0 Å². The van der Waals surface area contributed by atoms with Crippen LogP contribution in [0.2, 0.25) is 0 Å². The molecule has 1 unspecified atom stereocenters. The van der Waals surface area contributed by atoms with Gasteiger partial charge in [-0.3, -0.25) is 0 Å². The first-order valence-corrected chi connectivity index (χ1v) is 31.3. The van der Waals surface area contributed by atoms with E-state index in [4.69, 9.17) is 42.0 Å². The van der Waals surface area contributed by atoms with Crippen LogP contribution in [0.4, 0.5) is 10.6 Å². The number of aromatic amines is 1. The first-order chi connectivity index (χ1) is 44.3. The fourth-order valence-corrected chi connectivity index (χ4v) is 13.5. The van der Waals surface area contributed by atoms with E-state index < -0.39 is 67.8 Å². The van der Waals surface area contributed by atoms with Crippen LogP contribution >= 0.6 is 8.17 Å². The SMILES string of the molecule is COc1ccc(C(OC[C@H]2O[C@@H](n3cc(C)c(=O)[nH]c3=O)CC2O[PH](O)(OCCC#N)OC[C@@H]2CC[C@H](n3cnc4c(NC(=O)c5ccc(CNC(=O)OCC6c7ccccc7-c7ccccc76)cc5)ncnc43)O2)(c2ccccc2)c2ccc(OC)cc2)cc1. The van der Waals surface area contributed by atoms with Gasteiger partial charge in [0, 0.05) is 12.5 Å². The molecule has 9 aromatic rings. The maximum absolute atomic E-state index is 13.6. The first-order valence-electron chi connectivity index (χ1n) is 29.7. The Kier molecular flexibility index (Phi) is 18.5. The van der Waals surface area contributed by atoms with Crippen molar-refractivity contribution in [3.8, 4) is 28.7 Å². The van der Waals surface area contributed by atoms with E-state index in [1.807, 2.05) is 109 Å². The number of nitriles is 1. The summed E-state index contributed by atoms with van der Waals surface area (Å²) in [4.78, 5) is 80.8. The van der Waals surface area contributed by atoms with E-state index in [0.29, 0.717) is 41.1 Å². The summed E-state index contributed by atoms with van der Waals surface area (Å²) in [5.74, 6) is 0.907. The Hall–Kier alpha value is -9.47. The third kappa shape index (κ3) is 13.3. The zero-order chi connectivity index (χ0) is 63.1. The molecule has 4 N–H and O–H groups in total. The van der Waals surface area contributed by atoms with Gasteiger partial charge in [0.05, 0.1) is 0 Å². The zero-order valence-corrected chi connectivity index (χ0v) is 50.9. The number of ether oxygens (including phenoxy) is 6. The molecule has 2 fully saturated rings. The Morgan fingerprint density at radius 3 is 2.09 bits per heavy atom. The molecule has 24 heteroatoms. The Labute approximate surface area is 523 Å². The molecule has 12 rings (SSSR count). The molecule has 23 nitrogen and oxygen atoms in total. The molecule has 0 saturated carbocycles. The van der Waals surface area contributed by atoms with E-state index in [0.717, 1.165) is 44.5 Å². The van der Waals surface area contributed by atoms with Gasteiger partial charge in [-0.2, -0.15) is 0 Å². The van der Waals surface area contributed by atoms with Crippen molar-refractivity contribution in [3.05, 3.63) is 236 Å². The van der Waals surface area contributed by atoms with Crippen molar-refractivity contribution < 1.29 is 56.5 Å². The Balaban J connectivity index is 0.713. The van der Waals surface area contributed by atoms with Crippen molar-refractivity contribution in [2.24, 2.45) is 0 Å². The second-order valence-corrected chi connectivity index (χ2v) is 23.9. The summed E-state index contributed by atoms with van der Waals surface area (Å²) < 4.78 is 59.0. The summed E-state index contributed by atoms with van der Waals surface area (Å²) in [7, 11) is -1.61. The minimum absolute atomic E-state index is 0.0410. The van der Waals surface area contributed by atoms with Crippen LogP contribution in [0.5, 0.6) is 11.5 Å². The third-order valence-electron chi connectivity index (χ3n) is 16.5. The van der Waals surface area contributed by atoms with Crippen molar-refractivity contribution in [1.82, 2.24) is 34.4 Å². The van der Waals surface area contributed by atoms with E-state index in [1.54, 1.807) is 56.3 Å². The monoisotopic (exact) mass is 1250 g/mol. The number of H-pyrrole nitrogens is 1. The summed E-state index contributed by atoms with van der Waals surface area (Å²) in [6.45, 7) is 1.28. The summed E-state index contributed by atoms with van der Waals surface area (Å²) in [5.41, 5.74) is 6.21. The number of benzene rings is 6. The molecule has 0 radical (unpaired) electrons. The van der Waals surface area contributed by atoms with Gasteiger partial charge in [-0.1, -0.05) is 60.7 Å². The van der Waals surface area contributed by atoms with Crippen LogP contribution < -0.4 is 31.4 Å². The standard InChI is InChI=1S/C67H66N9O14P/c1-42-36-75(65(79)74-63(42)77)59-34-56(57(89-59)39-85-67(45-12-5-4-6-13-45,46-22-26-48(82-2)27-23-46)47-24-28-49(83-3)29-25-47)90-91(81,86-33-11-32-68)87-37-50-30-31-58(88-50)76-41-72-60-61(70-40-71-62(60)76)73-64(78)44-20-18-43(19-21-44)35-69-66(80)84-38-55-53-16-9-7-14-51(53)52-15-8-10-17-54(52)55/h4-10,12-29,36,40-41,50,55-59,81,91H,11,30-31,33-35,37-39H2,1-3H3,(H,69,80)(H,74,77,79)(H,70,71,73,78)/t50-,56?,57+,58+,59+/m0/s1. The van der Waals surface area contributed by atoms with Gasteiger partial charge >= 0.3 is 391 Å². The fourth-order valence-electron chi connectivity index (χ4n) is 11.9. The van der Waals surface area contributed by atoms with Gasteiger partial charge in [-0.25, -0.2) is 4.79 Å². The molecule has 5 atom stereocenters. The number of nitrogens with one attached hydrogen (secondary N) is 3. The zero-order valence-electron chi connectivity index (χ0n) is 49.9. The summed E-state index contributed by atoms with van der Waals surface area (Å²) in [6.07, 6.45) is 0.148. The van der Waals surface area contributed by atoms with Gasteiger partial charge in [0.25, 0.3) is 0 Å². The van der Waals surface area contributed by atoms with Crippen LogP contribution in [0.25, 0.3) is 22.3 Å². The molecular weight excluding hydrogens is 1190 g/mol. The maximum atomic E-state index is 13.6. The molecule has 2 amide bonds. The van der Waals surface area contributed by atoms with Gasteiger partial charge in [0.15, 0.2) is 0 Å². The number of imidazole rings is 1. The second-order valence-electron chi connectivity index (χ2n) is 22.1. The van der Waals surface area contributed by atoms with Crippen LogP contribution in [0.15, 0.2) is 180 Å². The molecule has 0 bridgehead atoms. The topological polar surface area (TPSA) is 284 Å². The van der Waals surface area contributed by atoms with Crippen LogP contribution in [-0.2, 0) is 44.7 Å². The number of nitrogens with zero attached hydrogens (tertiary/aromatic N) is 6. The Morgan fingerprint density at radius 2 is 1.42 bits per heavy atom. The van der Waals surface area contributed by atoms with Gasteiger partial charge in [0.2, 0.25) is 0 Å². The second kappa shape index (κ2) is 27.3. The molecule has 3 aliphatic rings. The van der Waals surface area contributed by atoms with Crippen molar-refractivity contribution in [2.45, 2.75) is 81.4 Å². The summed E-state index contributed by atoms with van der Waals surface area (Å²) >= 11 is 0. The summed E-state index contributed by atoms with van der Waals surface area (Å²) in [6, 6.07) is 49.7. The number of fused-ring (bicyclic) bond motifs is 4. The molecule has 5 heterocycles. The Bertz CT molecular complexity index is 4130. The molecule has 91 heavy (non-hydrogen) atoms. The third-order valence-corrected chi connectivity index (χ3v) is 18.2. The minimum atomic E-state index is -4.78. The van der Waals surface area contributed by atoms with E-state index >= 15 is 0 Å². The molecular formula is C67H66N9O14P. The van der Waals surface area contributed by atoms with E-state index in [-0.39, 0.29) is 63.1 Å². The van der Waals surface area contributed by atoms with Crippen molar-refractivity contribution in [2.75, 3.05) is 46.0 Å². The predicted octanol–water partition coefficient (Wildman–Crippen LogP) is 9.70. The number of hydrogen-bond donors (Lipinski definition) is 4.